The molecule has 0 aliphatic heterocycles. The number of benzene rings is 2. The molecule has 1 aliphatic carbocycles. The van der Waals surface area contributed by atoms with E-state index in [9.17, 15) is 5.11 Å². The minimum atomic E-state index is 0.250. The maximum absolute atomic E-state index is 10.6. The smallest absolute Gasteiger partial charge is 0.167 e. The van der Waals surface area contributed by atoms with Gasteiger partial charge in [0.1, 0.15) is 11.6 Å². The highest BCUT2D eigenvalue weighted by Crippen LogP contribution is 2.35. The van der Waals surface area contributed by atoms with E-state index in [0.717, 1.165) is 35.4 Å². The number of aromatic hydroxyl groups is 1. The Morgan fingerprint density at radius 3 is 2.30 bits per heavy atom. The molecule has 1 fully saturated rings. The quantitative estimate of drug-likeness (QED) is 0.663. The van der Waals surface area contributed by atoms with E-state index in [1.54, 1.807) is 0 Å². The molecule has 2 aromatic carbocycles. The van der Waals surface area contributed by atoms with E-state index >= 15 is 0 Å². The minimum Gasteiger partial charge on any atom is -0.507 e. The van der Waals surface area contributed by atoms with Crippen LogP contribution in [0.3, 0.4) is 0 Å². The highest BCUT2D eigenvalue weighted by molar-refractivity contribution is 5.69. The molecule has 3 aromatic rings. The SMILES string of the molecule is Cc1cc(C)c(O)c(-c2nc(-c3ccccc3)nc(C3CCCCC3)n2)c1. The number of phenolic OH excluding ortho intramolecular Hbond substituents is 1. The zero-order valence-corrected chi connectivity index (χ0v) is 15.9. The van der Waals surface area contributed by atoms with E-state index in [4.69, 9.17) is 15.0 Å². The van der Waals surface area contributed by atoms with Crippen molar-refractivity contribution < 1.29 is 5.11 Å². The first-order chi connectivity index (χ1) is 13.1. The van der Waals surface area contributed by atoms with Crippen LogP contribution in [0.15, 0.2) is 42.5 Å². The number of aromatic nitrogens is 3. The normalized spacial score (nSPS) is 15.0. The molecule has 0 radical (unpaired) electrons. The fraction of sp³-hybridized carbons (Fsp3) is 0.348. The summed E-state index contributed by atoms with van der Waals surface area (Å²) < 4.78 is 0. The van der Waals surface area contributed by atoms with Crippen LogP contribution in [0.25, 0.3) is 22.8 Å². The van der Waals surface area contributed by atoms with Crippen LogP contribution in [0.2, 0.25) is 0 Å². The molecule has 138 valence electrons. The van der Waals surface area contributed by atoms with Gasteiger partial charge in [-0.15, -0.1) is 0 Å². The third-order valence-corrected chi connectivity index (χ3v) is 5.34. The average Bonchev–Trinajstić information content (AvgIpc) is 2.71. The lowest BCUT2D eigenvalue weighted by Crippen LogP contribution is -2.11. The highest BCUT2D eigenvalue weighted by Gasteiger charge is 2.22. The number of phenols is 1. The maximum atomic E-state index is 10.6. The Kier molecular flexibility index (Phi) is 4.88. The van der Waals surface area contributed by atoms with Crippen LogP contribution in [0, 0.1) is 13.8 Å². The van der Waals surface area contributed by atoms with Gasteiger partial charge in [-0.3, -0.25) is 0 Å². The van der Waals surface area contributed by atoms with Gasteiger partial charge in [0.15, 0.2) is 11.6 Å². The fourth-order valence-corrected chi connectivity index (χ4v) is 3.90. The van der Waals surface area contributed by atoms with E-state index in [-0.39, 0.29) is 5.75 Å². The van der Waals surface area contributed by atoms with Crippen LogP contribution in [-0.4, -0.2) is 20.1 Å². The second-order valence-corrected chi connectivity index (χ2v) is 7.52. The van der Waals surface area contributed by atoms with Crippen molar-refractivity contribution in [1.29, 1.82) is 0 Å². The molecule has 0 bridgehead atoms. The van der Waals surface area contributed by atoms with Crippen molar-refractivity contribution in [2.45, 2.75) is 51.9 Å². The minimum absolute atomic E-state index is 0.250. The zero-order chi connectivity index (χ0) is 18.8. The van der Waals surface area contributed by atoms with E-state index in [1.807, 2.05) is 56.3 Å². The summed E-state index contributed by atoms with van der Waals surface area (Å²) in [5.74, 6) is 2.72. The second kappa shape index (κ2) is 7.47. The lowest BCUT2D eigenvalue weighted by Gasteiger charge is -2.21. The Labute approximate surface area is 160 Å². The van der Waals surface area contributed by atoms with Gasteiger partial charge in [0.05, 0.1) is 5.56 Å². The van der Waals surface area contributed by atoms with Crippen molar-refractivity contribution in [2.24, 2.45) is 0 Å². The summed E-state index contributed by atoms with van der Waals surface area (Å²) in [6, 6.07) is 13.9. The fourth-order valence-electron chi connectivity index (χ4n) is 3.90. The summed E-state index contributed by atoms with van der Waals surface area (Å²) in [6.07, 6.45) is 5.98. The number of hydrogen-bond donors (Lipinski definition) is 1. The molecule has 1 aromatic heterocycles. The van der Waals surface area contributed by atoms with Gasteiger partial charge in [-0.05, 0) is 43.9 Å². The summed E-state index contributed by atoms with van der Waals surface area (Å²) in [4.78, 5) is 14.4. The van der Waals surface area contributed by atoms with E-state index in [2.05, 4.69) is 0 Å². The van der Waals surface area contributed by atoms with Gasteiger partial charge in [0.2, 0.25) is 0 Å². The Hall–Kier alpha value is -2.75. The summed E-state index contributed by atoms with van der Waals surface area (Å²) in [7, 11) is 0. The predicted octanol–water partition coefficient (Wildman–Crippen LogP) is 5.58. The molecule has 1 aliphatic rings. The van der Waals surface area contributed by atoms with Gasteiger partial charge in [-0.2, -0.15) is 0 Å². The van der Waals surface area contributed by atoms with Crippen LogP contribution in [0.4, 0.5) is 0 Å². The molecular formula is C23H25N3O. The van der Waals surface area contributed by atoms with E-state index in [1.165, 1.54) is 19.3 Å². The summed E-state index contributed by atoms with van der Waals surface area (Å²) in [6.45, 7) is 3.93. The number of rotatable bonds is 3. The summed E-state index contributed by atoms with van der Waals surface area (Å²) >= 11 is 0. The zero-order valence-electron chi connectivity index (χ0n) is 15.9. The molecule has 0 saturated heterocycles. The molecule has 27 heavy (non-hydrogen) atoms. The van der Waals surface area contributed by atoms with Crippen molar-refractivity contribution in [3.63, 3.8) is 0 Å². The van der Waals surface area contributed by atoms with Crippen molar-refractivity contribution in [3.05, 3.63) is 59.4 Å². The van der Waals surface area contributed by atoms with Crippen LogP contribution in [-0.2, 0) is 0 Å². The molecule has 0 spiro atoms. The molecule has 0 atom stereocenters. The number of nitrogens with zero attached hydrogens (tertiary/aromatic N) is 3. The van der Waals surface area contributed by atoms with Crippen molar-refractivity contribution in [2.75, 3.05) is 0 Å². The van der Waals surface area contributed by atoms with Crippen molar-refractivity contribution >= 4 is 0 Å². The Balaban J connectivity index is 1.88. The van der Waals surface area contributed by atoms with Crippen molar-refractivity contribution in [1.82, 2.24) is 15.0 Å². The van der Waals surface area contributed by atoms with Gasteiger partial charge in [0, 0.05) is 11.5 Å². The van der Waals surface area contributed by atoms with Crippen molar-refractivity contribution in [3.8, 4) is 28.5 Å². The predicted molar refractivity (Wildman–Crippen MR) is 108 cm³/mol. The van der Waals surface area contributed by atoms with Gasteiger partial charge >= 0.3 is 0 Å². The molecule has 4 rings (SSSR count). The highest BCUT2D eigenvalue weighted by atomic mass is 16.3. The largest absolute Gasteiger partial charge is 0.507 e. The van der Waals surface area contributed by atoms with Crippen LogP contribution in [0.1, 0.15) is 55.0 Å². The lowest BCUT2D eigenvalue weighted by atomic mass is 9.88. The van der Waals surface area contributed by atoms with Crippen LogP contribution < -0.4 is 0 Å². The molecule has 4 nitrogen and oxygen atoms in total. The third kappa shape index (κ3) is 3.70. The van der Waals surface area contributed by atoms with Gasteiger partial charge in [-0.1, -0.05) is 55.7 Å². The van der Waals surface area contributed by atoms with Crippen LogP contribution >= 0.6 is 0 Å². The van der Waals surface area contributed by atoms with Gasteiger partial charge in [0.25, 0.3) is 0 Å². The first-order valence-corrected chi connectivity index (χ1v) is 9.74. The Bertz CT molecular complexity index is 947. The van der Waals surface area contributed by atoms with Gasteiger partial charge in [-0.25, -0.2) is 15.0 Å². The van der Waals surface area contributed by atoms with Gasteiger partial charge < -0.3 is 5.11 Å². The molecule has 1 heterocycles. The second-order valence-electron chi connectivity index (χ2n) is 7.52. The average molecular weight is 359 g/mol. The number of hydrogen-bond acceptors (Lipinski definition) is 4. The Morgan fingerprint density at radius 1 is 0.852 bits per heavy atom. The molecule has 0 unspecified atom stereocenters. The summed E-state index contributed by atoms with van der Waals surface area (Å²) in [5.41, 5.74) is 3.58. The van der Waals surface area contributed by atoms with E-state index < -0.39 is 0 Å². The lowest BCUT2D eigenvalue weighted by molar-refractivity contribution is 0.428. The molecule has 0 amide bonds. The monoisotopic (exact) mass is 359 g/mol. The number of aryl methyl sites for hydroxylation is 2. The Morgan fingerprint density at radius 2 is 1.56 bits per heavy atom. The first kappa shape index (κ1) is 17.7. The molecule has 4 heteroatoms. The van der Waals surface area contributed by atoms with E-state index in [0.29, 0.717) is 23.1 Å². The molecular weight excluding hydrogens is 334 g/mol. The standard InChI is InChI=1S/C23H25N3O/c1-15-13-16(2)20(27)19(14-15)23-25-21(17-9-5-3-6-10-17)24-22(26-23)18-11-7-4-8-12-18/h3,5-6,9-10,13-14,18,27H,4,7-8,11-12H2,1-2H3. The first-order valence-electron chi connectivity index (χ1n) is 9.74. The molecule has 1 N–H and O–H groups in total. The topological polar surface area (TPSA) is 58.9 Å². The molecule has 1 saturated carbocycles. The summed E-state index contributed by atoms with van der Waals surface area (Å²) in [5, 5.41) is 10.6. The third-order valence-electron chi connectivity index (χ3n) is 5.34. The maximum Gasteiger partial charge on any atom is 0.167 e. The van der Waals surface area contributed by atoms with Crippen LogP contribution in [0.5, 0.6) is 5.75 Å².